The van der Waals surface area contributed by atoms with Crippen LogP contribution in [-0.4, -0.2) is 66.6 Å². The van der Waals surface area contributed by atoms with Gasteiger partial charge < -0.3 is 15.1 Å². The van der Waals surface area contributed by atoms with Gasteiger partial charge in [-0.2, -0.15) is 0 Å². The fourth-order valence-electron chi connectivity index (χ4n) is 3.93. The third kappa shape index (κ3) is 4.47. The summed E-state index contributed by atoms with van der Waals surface area (Å²) in [5, 5.41) is 9.43. The van der Waals surface area contributed by atoms with Crippen LogP contribution in [0.1, 0.15) is 18.2 Å². The van der Waals surface area contributed by atoms with Crippen molar-refractivity contribution in [1.29, 1.82) is 0 Å². The zero-order chi connectivity index (χ0) is 21.1. The molecule has 3 heterocycles. The van der Waals surface area contributed by atoms with Gasteiger partial charge >= 0.3 is 6.03 Å². The number of hydrogen-bond acceptors (Lipinski definition) is 5. The first kappa shape index (κ1) is 21.1. The molecule has 2 saturated heterocycles. The van der Waals surface area contributed by atoms with E-state index >= 15 is 0 Å². The van der Waals surface area contributed by atoms with E-state index in [1.807, 2.05) is 41.5 Å². The van der Waals surface area contributed by atoms with Gasteiger partial charge in [-0.25, -0.2) is 9.78 Å². The van der Waals surface area contributed by atoms with Gasteiger partial charge in [0.15, 0.2) is 5.13 Å². The Morgan fingerprint density at radius 2 is 2.07 bits per heavy atom. The number of amides is 2. The zero-order valence-electron chi connectivity index (χ0n) is 17.0. The topological polar surface area (TPSA) is 60.5 Å². The number of aromatic nitrogens is 1. The molecule has 2 aliphatic rings. The fraction of sp³-hybridized carbons (Fsp3) is 0.455. The second-order valence-electron chi connectivity index (χ2n) is 8.07. The Kier molecular flexibility index (Phi) is 6.30. The Hall–Kier alpha value is -2.11. The van der Waals surface area contributed by atoms with Crippen molar-refractivity contribution in [3.8, 4) is 12.3 Å². The molecule has 30 heavy (non-hydrogen) atoms. The quantitative estimate of drug-likeness (QED) is 0.697. The number of urea groups is 1. The van der Waals surface area contributed by atoms with Gasteiger partial charge in [0.05, 0.1) is 11.1 Å². The van der Waals surface area contributed by atoms with E-state index in [9.17, 15) is 4.79 Å². The number of carbonyl (C=O) groups is 1. The van der Waals surface area contributed by atoms with E-state index in [1.165, 1.54) is 11.3 Å². The van der Waals surface area contributed by atoms with Crippen LogP contribution in [0.15, 0.2) is 29.6 Å². The van der Waals surface area contributed by atoms with E-state index in [4.69, 9.17) is 18.0 Å². The highest BCUT2D eigenvalue weighted by Crippen LogP contribution is 2.34. The number of rotatable bonds is 5. The maximum atomic E-state index is 12.6. The smallest absolute Gasteiger partial charge is 0.323 e. The summed E-state index contributed by atoms with van der Waals surface area (Å²) in [6, 6.07) is 7.38. The zero-order valence-corrected chi connectivity index (χ0v) is 18.6. The molecule has 158 valence electrons. The Morgan fingerprint density at radius 3 is 2.73 bits per heavy atom. The molecule has 8 heteroatoms. The Balaban J connectivity index is 1.33. The van der Waals surface area contributed by atoms with Crippen LogP contribution in [-0.2, 0) is 5.41 Å². The third-order valence-corrected chi connectivity index (χ3v) is 6.92. The maximum absolute atomic E-state index is 12.6. The Labute approximate surface area is 186 Å². The molecule has 6 nitrogen and oxygen atoms in total. The van der Waals surface area contributed by atoms with Gasteiger partial charge in [0.1, 0.15) is 0 Å². The summed E-state index contributed by atoms with van der Waals surface area (Å²) in [5.41, 5.74) is 0.999. The number of nitrogens with one attached hydrogen (secondary N) is 2. The summed E-state index contributed by atoms with van der Waals surface area (Å²) >= 11 is 7.40. The average Bonchev–Trinajstić information content (AvgIpc) is 3.20. The lowest BCUT2D eigenvalue weighted by Crippen LogP contribution is -2.56. The highest BCUT2D eigenvalue weighted by atomic mass is 35.5. The first-order valence-electron chi connectivity index (χ1n) is 10.2. The molecule has 1 atom stereocenters. The van der Waals surface area contributed by atoms with E-state index in [1.54, 1.807) is 0 Å². The summed E-state index contributed by atoms with van der Waals surface area (Å²) < 4.78 is 0. The second-order valence-corrected chi connectivity index (χ2v) is 9.36. The molecule has 0 radical (unpaired) electrons. The number of hydrogen-bond donors (Lipinski definition) is 2. The lowest BCUT2D eigenvalue weighted by atomic mass is 9.81. The van der Waals surface area contributed by atoms with E-state index < -0.39 is 5.41 Å². The van der Waals surface area contributed by atoms with E-state index in [0.29, 0.717) is 16.1 Å². The predicted molar refractivity (Wildman–Crippen MR) is 122 cm³/mol. The number of piperazine rings is 1. The molecule has 2 N–H and O–H groups in total. The van der Waals surface area contributed by atoms with E-state index in [0.717, 1.165) is 57.1 Å². The number of halogens is 1. The van der Waals surface area contributed by atoms with Crippen molar-refractivity contribution in [3.63, 3.8) is 0 Å². The van der Waals surface area contributed by atoms with Gasteiger partial charge in [0, 0.05) is 62.1 Å². The van der Waals surface area contributed by atoms with Gasteiger partial charge in [-0.15, -0.1) is 17.8 Å². The van der Waals surface area contributed by atoms with E-state index in [-0.39, 0.29) is 6.03 Å². The highest BCUT2D eigenvalue weighted by molar-refractivity contribution is 7.14. The van der Waals surface area contributed by atoms with Crippen molar-refractivity contribution < 1.29 is 4.79 Å². The number of carbonyl (C=O) groups excluding carboxylic acids is 1. The minimum Gasteiger partial charge on any atom is -0.324 e. The molecule has 0 aliphatic carbocycles. The van der Waals surface area contributed by atoms with Crippen molar-refractivity contribution in [3.05, 3.63) is 45.9 Å². The van der Waals surface area contributed by atoms with Gasteiger partial charge in [-0.3, -0.25) is 5.32 Å². The number of benzene rings is 1. The fourth-order valence-corrected chi connectivity index (χ4v) is 4.86. The first-order chi connectivity index (χ1) is 14.5. The van der Waals surface area contributed by atoms with Crippen LogP contribution in [0, 0.1) is 18.3 Å². The molecule has 1 unspecified atom stereocenters. The summed E-state index contributed by atoms with van der Waals surface area (Å²) in [6.07, 6.45) is 5.87. The second kappa shape index (κ2) is 8.94. The molecule has 2 amide bonds. The van der Waals surface area contributed by atoms with Crippen molar-refractivity contribution >= 4 is 34.1 Å². The van der Waals surface area contributed by atoms with Crippen LogP contribution in [0.4, 0.5) is 9.93 Å². The number of likely N-dealkylation sites (tertiary alicyclic amines) is 1. The lowest BCUT2D eigenvalue weighted by Gasteiger charge is -2.42. The van der Waals surface area contributed by atoms with Crippen LogP contribution in [0.2, 0.25) is 5.02 Å². The summed E-state index contributed by atoms with van der Waals surface area (Å²) in [7, 11) is 0. The number of thiazole rings is 1. The summed E-state index contributed by atoms with van der Waals surface area (Å²) in [6.45, 7) is 8.88. The van der Waals surface area contributed by atoms with Gasteiger partial charge in [0.25, 0.3) is 0 Å². The van der Waals surface area contributed by atoms with Crippen molar-refractivity contribution in [1.82, 2.24) is 20.1 Å². The highest BCUT2D eigenvalue weighted by Gasteiger charge is 2.33. The summed E-state index contributed by atoms with van der Waals surface area (Å²) in [5.74, 6) is 3.41. The molecule has 0 spiro atoms. The average molecular weight is 444 g/mol. The molecule has 4 rings (SSSR count). The molecular weight excluding hydrogens is 418 g/mol. The minimum atomic E-state index is -0.685. The van der Waals surface area contributed by atoms with Crippen LogP contribution >= 0.6 is 22.9 Å². The van der Waals surface area contributed by atoms with Crippen LogP contribution in [0.5, 0.6) is 0 Å². The van der Waals surface area contributed by atoms with Gasteiger partial charge in [0.2, 0.25) is 0 Å². The normalized spacial score (nSPS) is 19.6. The maximum Gasteiger partial charge on any atom is 0.323 e. The number of terminal acetylenes is 1. The van der Waals surface area contributed by atoms with Crippen LogP contribution in [0.3, 0.4) is 0 Å². The predicted octanol–water partition coefficient (Wildman–Crippen LogP) is 3.10. The molecule has 0 saturated carbocycles. The van der Waals surface area contributed by atoms with Crippen molar-refractivity contribution in [2.45, 2.75) is 12.3 Å². The molecule has 0 bridgehead atoms. The molecule has 2 fully saturated rings. The van der Waals surface area contributed by atoms with Crippen molar-refractivity contribution in [2.75, 3.05) is 51.1 Å². The van der Waals surface area contributed by atoms with Gasteiger partial charge in [-0.1, -0.05) is 29.7 Å². The minimum absolute atomic E-state index is 0.0960. The Bertz CT molecular complexity index is 928. The first-order valence-corrected chi connectivity index (χ1v) is 11.4. The molecular formula is C22H26ClN5OS. The standard InChI is InChI=1S/C22H26ClN5OS/c1-3-22(2,17-4-6-18(23)7-5-17)19-15-30-20(25-19)26-21(29)28-13-16(14-28)12-27-10-8-24-9-11-27/h1,4-7,15-16,24H,8-14H2,2H3,(H,25,26,29). The molecule has 1 aromatic heterocycles. The largest absolute Gasteiger partial charge is 0.324 e. The van der Waals surface area contributed by atoms with Crippen LogP contribution in [0.25, 0.3) is 0 Å². The van der Waals surface area contributed by atoms with Gasteiger partial charge in [-0.05, 0) is 24.6 Å². The van der Waals surface area contributed by atoms with Crippen LogP contribution < -0.4 is 10.6 Å². The monoisotopic (exact) mass is 443 g/mol. The summed E-state index contributed by atoms with van der Waals surface area (Å²) in [4.78, 5) is 21.5. The van der Waals surface area contributed by atoms with E-state index in [2.05, 4.69) is 26.4 Å². The molecule has 2 aromatic rings. The third-order valence-electron chi connectivity index (χ3n) is 5.91. The number of nitrogens with zero attached hydrogens (tertiary/aromatic N) is 3. The SMILES string of the molecule is C#CC(C)(c1ccc(Cl)cc1)c1csc(NC(=O)N2CC(CN3CCNCC3)C2)n1. The molecule has 2 aliphatic heterocycles. The van der Waals surface area contributed by atoms with Crippen molar-refractivity contribution in [2.24, 2.45) is 5.92 Å². The molecule has 1 aromatic carbocycles. The lowest BCUT2D eigenvalue weighted by molar-refractivity contribution is 0.0916. The Morgan fingerprint density at radius 1 is 1.37 bits per heavy atom. The number of anilines is 1.